The largest absolute Gasteiger partial charge is 0.447 e. The number of aromatic nitrogens is 1. The quantitative estimate of drug-likeness (QED) is 0.866. The molecule has 0 aliphatic carbocycles. The third-order valence-electron chi connectivity index (χ3n) is 2.76. The van der Waals surface area contributed by atoms with Gasteiger partial charge in [-0.15, -0.1) is 0 Å². The van der Waals surface area contributed by atoms with Crippen molar-refractivity contribution in [3.05, 3.63) is 47.3 Å². The first kappa shape index (κ1) is 15.3. The number of hydrogen-bond acceptors (Lipinski definition) is 6. The predicted molar refractivity (Wildman–Crippen MR) is 75.9 cm³/mol. The number of hydrogen-bond donors (Lipinski definition) is 1. The SMILES string of the molecule is Cc1cc(C(=O)O[C@@H](C)C(=O)Nc2ccc(C#N)cc2)on1. The number of rotatable bonds is 4. The molecule has 0 bridgehead atoms. The van der Waals surface area contributed by atoms with Crippen LogP contribution in [0.4, 0.5) is 5.69 Å². The first-order valence-corrected chi connectivity index (χ1v) is 6.45. The molecule has 0 fully saturated rings. The minimum atomic E-state index is -1.01. The number of benzene rings is 1. The Morgan fingerprint density at radius 2 is 2.05 bits per heavy atom. The van der Waals surface area contributed by atoms with E-state index in [1.54, 1.807) is 31.2 Å². The standard InChI is InChI=1S/C15H13N3O4/c1-9-7-13(22-18-9)15(20)21-10(2)14(19)17-12-5-3-11(8-16)4-6-12/h3-7,10H,1-2H3,(H,17,19)/t10-/m0/s1. The first-order valence-electron chi connectivity index (χ1n) is 6.45. The van der Waals surface area contributed by atoms with Gasteiger partial charge in [-0.05, 0) is 38.1 Å². The Morgan fingerprint density at radius 3 is 2.59 bits per heavy atom. The van der Waals surface area contributed by atoms with Crippen LogP contribution in [0.5, 0.6) is 0 Å². The molecule has 1 amide bonds. The number of carbonyl (C=O) groups excluding carboxylic acids is 2. The lowest BCUT2D eigenvalue weighted by molar-refractivity contribution is -0.123. The second kappa shape index (κ2) is 6.54. The van der Waals surface area contributed by atoms with Crippen molar-refractivity contribution in [2.45, 2.75) is 20.0 Å². The molecule has 22 heavy (non-hydrogen) atoms. The zero-order valence-electron chi connectivity index (χ0n) is 12.0. The number of aryl methyl sites for hydroxylation is 1. The van der Waals surface area contributed by atoms with E-state index >= 15 is 0 Å². The molecule has 0 unspecified atom stereocenters. The van der Waals surface area contributed by atoms with Gasteiger partial charge in [-0.2, -0.15) is 5.26 Å². The highest BCUT2D eigenvalue weighted by atomic mass is 16.6. The normalized spacial score (nSPS) is 11.3. The van der Waals surface area contributed by atoms with Gasteiger partial charge in [-0.3, -0.25) is 4.79 Å². The third kappa shape index (κ3) is 3.70. The lowest BCUT2D eigenvalue weighted by atomic mass is 10.2. The second-order valence-electron chi connectivity index (χ2n) is 4.56. The highest BCUT2D eigenvalue weighted by molar-refractivity contribution is 5.96. The van der Waals surface area contributed by atoms with Crippen LogP contribution in [0.25, 0.3) is 0 Å². The fraction of sp³-hybridized carbons (Fsp3) is 0.200. The van der Waals surface area contributed by atoms with E-state index in [-0.39, 0.29) is 5.76 Å². The van der Waals surface area contributed by atoms with Crippen LogP contribution in [-0.2, 0) is 9.53 Å². The zero-order valence-corrected chi connectivity index (χ0v) is 12.0. The zero-order chi connectivity index (χ0) is 16.1. The first-order chi connectivity index (χ1) is 10.5. The van der Waals surface area contributed by atoms with E-state index in [1.165, 1.54) is 13.0 Å². The van der Waals surface area contributed by atoms with Gasteiger partial charge in [0.1, 0.15) is 0 Å². The van der Waals surface area contributed by atoms with Crippen molar-refractivity contribution in [3.63, 3.8) is 0 Å². The summed E-state index contributed by atoms with van der Waals surface area (Å²) in [5.74, 6) is -1.31. The van der Waals surface area contributed by atoms with E-state index in [2.05, 4.69) is 10.5 Å². The van der Waals surface area contributed by atoms with E-state index in [4.69, 9.17) is 14.5 Å². The molecular formula is C15H13N3O4. The molecular weight excluding hydrogens is 286 g/mol. The number of nitrogens with zero attached hydrogens (tertiary/aromatic N) is 2. The number of anilines is 1. The molecule has 2 rings (SSSR count). The van der Waals surface area contributed by atoms with Crippen molar-refractivity contribution in [1.82, 2.24) is 5.16 Å². The van der Waals surface area contributed by atoms with E-state index in [0.29, 0.717) is 16.9 Å². The molecule has 1 atom stereocenters. The Labute approximate surface area is 126 Å². The topological polar surface area (TPSA) is 105 Å². The molecule has 7 nitrogen and oxygen atoms in total. The highest BCUT2D eigenvalue weighted by Gasteiger charge is 2.21. The van der Waals surface area contributed by atoms with Gasteiger partial charge < -0.3 is 14.6 Å². The van der Waals surface area contributed by atoms with E-state index < -0.39 is 18.0 Å². The average Bonchev–Trinajstić information content (AvgIpc) is 2.94. The molecule has 0 aliphatic heterocycles. The Hall–Kier alpha value is -3.14. The molecule has 1 heterocycles. The van der Waals surface area contributed by atoms with Crippen LogP contribution in [0.1, 0.15) is 28.7 Å². The molecule has 0 saturated heterocycles. The van der Waals surface area contributed by atoms with Crippen molar-refractivity contribution in [2.24, 2.45) is 0 Å². The Bertz CT molecular complexity index is 728. The van der Waals surface area contributed by atoms with Crippen molar-refractivity contribution < 1.29 is 18.8 Å². The molecule has 0 radical (unpaired) electrons. The van der Waals surface area contributed by atoms with Crippen LogP contribution >= 0.6 is 0 Å². The van der Waals surface area contributed by atoms with Crippen LogP contribution in [0.15, 0.2) is 34.9 Å². The summed E-state index contributed by atoms with van der Waals surface area (Å²) in [6.07, 6.45) is -1.01. The Morgan fingerprint density at radius 1 is 1.36 bits per heavy atom. The molecule has 0 saturated carbocycles. The number of amides is 1. The second-order valence-corrected chi connectivity index (χ2v) is 4.56. The fourth-order valence-corrected chi connectivity index (χ4v) is 1.60. The van der Waals surface area contributed by atoms with Crippen LogP contribution in [0, 0.1) is 18.3 Å². The maximum absolute atomic E-state index is 11.9. The van der Waals surface area contributed by atoms with Crippen molar-refractivity contribution in [2.75, 3.05) is 5.32 Å². The van der Waals surface area contributed by atoms with Crippen molar-refractivity contribution >= 4 is 17.6 Å². The lowest BCUT2D eigenvalue weighted by Crippen LogP contribution is -2.29. The van der Waals surface area contributed by atoms with Gasteiger partial charge in [0.25, 0.3) is 5.91 Å². The van der Waals surface area contributed by atoms with E-state index in [9.17, 15) is 9.59 Å². The van der Waals surface area contributed by atoms with Crippen molar-refractivity contribution in [1.29, 1.82) is 5.26 Å². The lowest BCUT2D eigenvalue weighted by Gasteiger charge is -2.12. The van der Waals surface area contributed by atoms with Gasteiger partial charge in [0.15, 0.2) is 6.10 Å². The number of esters is 1. The number of ether oxygens (including phenoxy) is 1. The third-order valence-corrected chi connectivity index (χ3v) is 2.76. The van der Waals surface area contributed by atoms with Crippen LogP contribution in [0.2, 0.25) is 0 Å². The molecule has 1 aromatic heterocycles. The summed E-state index contributed by atoms with van der Waals surface area (Å²) < 4.78 is 9.76. The molecule has 1 aromatic carbocycles. The molecule has 1 N–H and O–H groups in total. The molecule has 0 spiro atoms. The van der Waals surface area contributed by atoms with Gasteiger partial charge in [0, 0.05) is 11.8 Å². The summed E-state index contributed by atoms with van der Waals surface area (Å²) >= 11 is 0. The Kier molecular flexibility index (Phi) is 4.53. The summed E-state index contributed by atoms with van der Waals surface area (Å²) in [5, 5.41) is 14.9. The summed E-state index contributed by atoms with van der Waals surface area (Å²) in [6, 6.07) is 9.72. The Balaban J connectivity index is 1.94. The van der Waals surface area contributed by atoms with Gasteiger partial charge >= 0.3 is 5.97 Å². The van der Waals surface area contributed by atoms with E-state index in [1.807, 2.05) is 6.07 Å². The monoisotopic (exact) mass is 299 g/mol. The van der Waals surface area contributed by atoms with Gasteiger partial charge in [-0.1, -0.05) is 5.16 Å². The molecule has 7 heteroatoms. The highest BCUT2D eigenvalue weighted by Crippen LogP contribution is 2.11. The minimum Gasteiger partial charge on any atom is -0.447 e. The van der Waals surface area contributed by atoms with Gasteiger partial charge in [0.2, 0.25) is 5.76 Å². The van der Waals surface area contributed by atoms with Crippen LogP contribution in [0.3, 0.4) is 0 Å². The summed E-state index contributed by atoms with van der Waals surface area (Å²) in [4.78, 5) is 23.7. The van der Waals surface area contributed by atoms with Gasteiger partial charge in [0.05, 0.1) is 17.3 Å². The number of carbonyl (C=O) groups is 2. The summed E-state index contributed by atoms with van der Waals surface area (Å²) in [6.45, 7) is 3.11. The minimum absolute atomic E-state index is 0.0597. The molecule has 112 valence electrons. The summed E-state index contributed by atoms with van der Waals surface area (Å²) in [5.41, 5.74) is 1.53. The fourth-order valence-electron chi connectivity index (χ4n) is 1.60. The smallest absolute Gasteiger partial charge is 0.377 e. The maximum atomic E-state index is 11.9. The van der Waals surface area contributed by atoms with Gasteiger partial charge in [-0.25, -0.2) is 4.79 Å². The maximum Gasteiger partial charge on any atom is 0.377 e. The van der Waals surface area contributed by atoms with Crippen LogP contribution < -0.4 is 5.32 Å². The van der Waals surface area contributed by atoms with Crippen LogP contribution in [-0.4, -0.2) is 23.1 Å². The number of nitriles is 1. The predicted octanol–water partition coefficient (Wildman–Crippen LogP) is 2.04. The number of nitrogens with one attached hydrogen (secondary N) is 1. The van der Waals surface area contributed by atoms with Crippen molar-refractivity contribution in [3.8, 4) is 6.07 Å². The van der Waals surface area contributed by atoms with E-state index in [0.717, 1.165) is 0 Å². The average molecular weight is 299 g/mol. The summed E-state index contributed by atoms with van der Waals surface area (Å²) in [7, 11) is 0. The molecule has 2 aromatic rings. The molecule has 0 aliphatic rings.